The van der Waals surface area contributed by atoms with Gasteiger partial charge in [0.2, 0.25) is 5.91 Å². The standard InChI is InChI=1S/C19H19NO4/c21-18(22)13-20(12-14-6-2-1-3-7-14)19(23)16-10-11-24-17-9-5-4-8-15(16)17/h1-9,16H,10-13H2,(H,21,22)/t16-/m0/s1. The van der Waals surface area contributed by atoms with E-state index in [1.165, 1.54) is 4.90 Å². The SMILES string of the molecule is O=C(O)CN(Cc1ccccc1)C(=O)[C@H]1CCOc2ccccc21. The molecule has 0 fully saturated rings. The summed E-state index contributed by atoms with van der Waals surface area (Å²) < 4.78 is 5.60. The molecule has 0 bridgehead atoms. The van der Waals surface area contributed by atoms with Gasteiger partial charge in [-0.1, -0.05) is 48.5 Å². The number of carbonyl (C=O) groups excluding carboxylic acids is 1. The first kappa shape index (κ1) is 16.1. The van der Waals surface area contributed by atoms with Crippen LogP contribution in [0.15, 0.2) is 54.6 Å². The maximum atomic E-state index is 13.0. The Hall–Kier alpha value is -2.82. The van der Waals surface area contributed by atoms with Crippen molar-refractivity contribution < 1.29 is 19.4 Å². The summed E-state index contributed by atoms with van der Waals surface area (Å²) in [6.45, 7) is 0.429. The number of carbonyl (C=O) groups is 2. The van der Waals surface area contributed by atoms with E-state index in [0.29, 0.717) is 18.8 Å². The summed E-state index contributed by atoms with van der Waals surface area (Å²) in [5.41, 5.74) is 1.74. The lowest BCUT2D eigenvalue weighted by molar-refractivity contribution is -0.145. The van der Waals surface area contributed by atoms with Crippen LogP contribution in [0.25, 0.3) is 0 Å². The first-order valence-corrected chi connectivity index (χ1v) is 7.91. The number of amides is 1. The van der Waals surface area contributed by atoms with Crippen molar-refractivity contribution in [3.8, 4) is 5.75 Å². The number of aliphatic carboxylic acids is 1. The molecule has 1 amide bonds. The lowest BCUT2D eigenvalue weighted by Crippen LogP contribution is -2.39. The molecule has 0 unspecified atom stereocenters. The van der Waals surface area contributed by atoms with E-state index in [2.05, 4.69) is 0 Å². The fourth-order valence-electron chi connectivity index (χ4n) is 3.00. The zero-order valence-corrected chi connectivity index (χ0v) is 13.2. The molecule has 0 aliphatic carbocycles. The molecular weight excluding hydrogens is 306 g/mol. The van der Waals surface area contributed by atoms with Gasteiger partial charge in [0.25, 0.3) is 0 Å². The molecule has 1 atom stereocenters. The Labute approximate surface area is 140 Å². The van der Waals surface area contributed by atoms with Gasteiger partial charge < -0.3 is 14.7 Å². The van der Waals surface area contributed by atoms with Crippen molar-refractivity contribution in [1.29, 1.82) is 0 Å². The summed E-state index contributed by atoms with van der Waals surface area (Å²) in [6.07, 6.45) is 0.556. The van der Waals surface area contributed by atoms with Crippen LogP contribution in [-0.4, -0.2) is 35.0 Å². The van der Waals surface area contributed by atoms with Gasteiger partial charge in [0.1, 0.15) is 12.3 Å². The minimum absolute atomic E-state index is 0.169. The highest BCUT2D eigenvalue weighted by Crippen LogP contribution is 2.34. The van der Waals surface area contributed by atoms with Gasteiger partial charge in [0.05, 0.1) is 12.5 Å². The van der Waals surface area contributed by atoms with E-state index in [4.69, 9.17) is 4.74 Å². The number of carboxylic acids is 1. The molecule has 0 saturated carbocycles. The maximum absolute atomic E-state index is 13.0. The van der Waals surface area contributed by atoms with Crippen LogP contribution in [0.5, 0.6) is 5.75 Å². The molecule has 3 rings (SSSR count). The van der Waals surface area contributed by atoms with Gasteiger partial charge in [0, 0.05) is 12.1 Å². The number of para-hydroxylation sites is 1. The van der Waals surface area contributed by atoms with Crippen molar-refractivity contribution in [2.45, 2.75) is 18.9 Å². The maximum Gasteiger partial charge on any atom is 0.323 e. The van der Waals surface area contributed by atoms with Crippen LogP contribution in [0.2, 0.25) is 0 Å². The predicted molar refractivity (Wildman–Crippen MR) is 88.8 cm³/mol. The summed E-state index contributed by atoms with van der Waals surface area (Å²) in [4.78, 5) is 25.6. The molecule has 1 heterocycles. The zero-order chi connectivity index (χ0) is 16.9. The smallest absolute Gasteiger partial charge is 0.323 e. The zero-order valence-electron chi connectivity index (χ0n) is 13.2. The van der Waals surface area contributed by atoms with E-state index in [-0.39, 0.29) is 24.9 Å². The third-order valence-electron chi connectivity index (χ3n) is 4.11. The molecule has 0 aromatic heterocycles. The third kappa shape index (κ3) is 3.56. The van der Waals surface area contributed by atoms with Crippen LogP contribution < -0.4 is 4.74 Å². The highest BCUT2D eigenvalue weighted by atomic mass is 16.5. The second-order valence-electron chi connectivity index (χ2n) is 5.80. The first-order chi connectivity index (χ1) is 11.6. The van der Waals surface area contributed by atoms with Crippen LogP contribution in [0.1, 0.15) is 23.5 Å². The van der Waals surface area contributed by atoms with Crippen LogP contribution in [0.4, 0.5) is 0 Å². The normalized spacial score (nSPS) is 15.9. The average Bonchev–Trinajstić information content (AvgIpc) is 2.60. The predicted octanol–water partition coefficient (Wildman–Crippen LogP) is 2.67. The van der Waals surface area contributed by atoms with Crippen molar-refractivity contribution in [2.24, 2.45) is 0 Å². The van der Waals surface area contributed by atoms with E-state index in [0.717, 1.165) is 11.1 Å². The average molecular weight is 325 g/mol. The number of hydrogen-bond acceptors (Lipinski definition) is 3. The van der Waals surface area contributed by atoms with Gasteiger partial charge in [-0.2, -0.15) is 0 Å². The number of benzene rings is 2. The summed E-state index contributed by atoms with van der Waals surface area (Å²) in [6, 6.07) is 16.9. The van der Waals surface area contributed by atoms with Gasteiger partial charge in [-0.25, -0.2) is 0 Å². The fourth-order valence-corrected chi connectivity index (χ4v) is 3.00. The monoisotopic (exact) mass is 325 g/mol. The van der Waals surface area contributed by atoms with Gasteiger partial charge >= 0.3 is 5.97 Å². The van der Waals surface area contributed by atoms with E-state index >= 15 is 0 Å². The van der Waals surface area contributed by atoms with Gasteiger partial charge in [0.15, 0.2) is 0 Å². The molecule has 1 N–H and O–H groups in total. The summed E-state index contributed by atoms with van der Waals surface area (Å²) >= 11 is 0. The van der Waals surface area contributed by atoms with Crippen molar-refractivity contribution >= 4 is 11.9 Å². The number of hydrogen-bond donors (Lipinski definition) is 1. The molecular formula is C19H19NO4. The number of rotatable bonds is 5. The van der Waals surface area contributed by atoms with Crippen LogP contribution in [0, 0.1) is 0 Å². The summed E-state index contributed by atoms with van der Waals surface area (Å²) in [7, 11) is 0. The molecule has 0 saturated heterocycles. The largest absolute Gasteiger partial charge is 0.493 e. The second-order valence-corrected chi connectivity index (χ2v) is 5.80. The minimum Gasteiger partial charge on any atom is -0.493 e. The quantitative estimate of drug-likeness (QED) is 0.918. The molecule has 0 radical (unpaired) electrons. The van der Waals surface area contributed by atoms with Crippen LogP contribution >= 0.6 is 0 Å². The second kappa shape index (κ2) is 7.17. The van der Waals surface area contributed by atoms with Crippen molar-refractivity contribution in [1.82, 2.24) is 4.90 Å². The van der Waals surface area contributed by atoms with Gasteiger partial charge in [-0.05, 0) is 18.1 Å². The lowest BCUT2D eigenvalue weighted by atomic mass is 9.91. The highest BCUT2D eigenvalue weighted by Gasteiger charge is 2.31. The minimum atomic E-state index is -1.01. The van der Waals surface area contributed by atoms with Crippen molar-refractivity contribution in [3.63, 3.8) is 0 Å². The number of nitrogens with zero attached hydrogens (tertiary/aromatic N) is 1. The molecule has 1 aliphatic rings. The fraction of sp³-hybridized carbons (Fsp3) is 0.263. The molecule has 2 aromatic rings. The van der Waals surface area contributed by atoms with E-state index < -0.39 is 5.97 Å². The molecule has 1 aliphatic heterocycles. The molecule has 0 spiro atoms. The third-order valence-corrected chi connectivity index (χ3v) is 4.11. The molecule has 124 valence electrons. The summed E-state index contributed by atoms with van der Waals surface area (Å²) in [5.74, 6) is -0.841. The number of fused-ring (bicyclic) bond motifs is 1. The van der Waals surface area contributed by atoms with Crippen LogP contribution in [-0.2, 0) is 16.1 Å². The van der Waals surface area contributed by atoms with E-state index in [1.807, 2.05) is 54.6 Å². The lowest BCUT2D eigenvalue weighted by Gasteiger charge is -2.30. The van der Waals surface area contributed by atoms with Gasteiger partial charge in [-0.15, -0.1) is 0 Å². The molecule has 24 heavy (non-hydrogen) atoms. The van der Waals surface area contributed by atoms with E-state index in [9.17, 15) is 14.7 Å². The van der Waals surface area contributed by atoms with Crippen molar-refractivity contribution in [3.05, 3.63) is 65.7 Å². The van der Waals surface area contributed by atoms with Gasteiger partial charge in [-0.3, -0.25) is 9.59 Å². The number of ether oxygens (including phenoxy) is 1. The Kier molecular flexibility index (Phi) is 4.79. The highest BCUT2D eigenvalue weighted by molar-refractivity contribution is 5.87. The Balaban J connectivity index is 1.85. The summed E-state index contributed by atoms with van der Waals surface area (Å²) in [5, 5.41) is 9.19. The molecule has 2 aromatic carbocycles. The number of carboxylic acid groups (broad SMARTS) is 1. The molecule has 5 heteroatoms. The van der Waals surface area contributed by atoms with E-state index in [1.54, 1.807) is 0 Å². The Bertz CT molecular complexity index is 729. The molecule has 5 nitrogen and oxygen atoms in total. The Morgan fingerprint density at radius 3 is 2.54 bits per heavy atom. The topological polar surface area (TPSA) is 66.8 Å². The van der Waals surface area contributed by atoms with Crippen molar-refractivity contribution in [2.75, 3.05) is 13.2 Å². The first-order valence-electron chi connectivity index (χ1n) is 7.91. The van der Waals surface area contributed by atoms with Crippen LogP contribution in [0.3, 0.4) is 0 Å². The Morgan fingerprint density at radius 2 is 1.79 bits per heavy atom. The Morgan fingerprint density at radius 1 is 1.08 bits per heavy atom.